The molecule has 2 N–H and O–H groups in total. The van der Waals surface area contributed by atoms with Gasteiger partial charge in [-0.2, -0.15) is 0 Å². The van der Waals surface area contributed by atoms with Crippen molar-refractivity contribution in [1.82, 2.24) is 10.2 Å². The molecule has 0 aromatic heterocycles. The number of benzene rings is 2. The van der Waals surface area contributed by atoms with E-state index in [1.54, 1.807) is 17.0 Å². The molecule has 0 radical (unpaired) electrons. The third-order valence-corrected chi connectivity index (χ3v) is 6.79. The molecule has 3 amide bonds. The molecule has 2 aromatic carbocycles. The molecular formula is C24H24FN3O3. The van der Waals surface area contributed by atoms with Crippen molar-refractivity contribution < 1.29 is 18.8 Å². The number of amides is 3. The number of rotatable bonds is 2. The van der Waals surface area contributed by atoms with Gasteiger partial charge in [0.1, 0.15) is 5.82 Å². The maximum atomic E-state index is 14.2. The molecule has 2 saturated heterocycles. The van der Waals surface area contributed by atoms with E-state index in [0.29, 0.717) is 30.6 Å². The van der Waals surface area contributed by atoms with Crippen LogP contribution in [0.2, 0.25) is 0 Å². The van der Waals surface area contributed by atoms with Crippen molar-refractivity contribution in [2.24, 2.45) is 0 Å². The second-order valence-electron chi connectivity index (χ2n) is 8.69. The van der Waals surface area contributed by atoms with Gasteiger partial charge in [0.05, 0.1) is 17.5 Å². The lowest BCUT2D eigenvalue weighted by molar-refractivity contribution is -0.141. The first kappa shape index (κ1) is 19.7. The Bertz CT molecular complexity index is 1070. The van der Waals surface area contributed by atoms with Crippen LogP contribution >= 0.6 is 0 Å². The fourth-order valence-electron chi connectivity index (χ4n) is 5.51. The maximum absolute atomic E-state index is 14.2. The lowest BCUT2D eigenvalue weighted by atomic mass is 9.75. The van der Waals surface area contributed by atoms with Gasteiger partial charge in [0.25, 0.3) is 0 Å². The summed E-state index contributed by atoms with van der Waals surface area (Å²) in [6.07, 6.45) is 2.52. The predicted octanol–water partition coefficient (Wildman–Crippen LogP) is 3.26. The summed E-state index contributed by atoms with van der Waals surface area (Å²) in [6.45, 7) is 0.498. The SMILES string of the molecule is O=C1C[C@@H](C(=O)N2CCC[C@]3(CCC(=O)N3)[C@H]2c2cccc(F)c2)c2ccccc2N1. The number of para-hydroxylation sites is 1. The summed E-state index contributed by atoms with van der Waals surface area (Å²) in [7, 11) is 0. The first-order valence-electron chi connectivity index (χ1n) is 10.7. The van der Waals surface area contributed by atoms with Crippen LogP contribution in [0.1, 0.15) is 55.2 Å². The van der Waals surface area contributed by atoms with Crippen molar-refractivity contribution in [3.05, 3.63) is 65.5 Å². The third-order valence-electron chi connectivity index (χ3n) is 6.79. The van der Waals surface area contributed by atoms with Gasteiger partial charge in [0.2, 0.25) is 17.7 Å². The lowest BCUT2D eigenvalue weighted by Crippen LogP contribution is -2.59. The molecule has 3 aliphatic heterocycles. The van der Waals surface area contributed by atoms with Gasteiger partial charge in [-0.25, -0.2) is 4.39 Å². The van der Waals surface area contributed by atoms with E-state index in [-0.39, 0.29) is 30.0 Å². The topological polar surface area (TPSA) is 78.5 Å². The zero-order valence-corrected chi connectivity index (χ0v) is 17.1. The molecule has 6 nitrogen and oxygen atoms in total. The lowest BCUT2D eigenvalue weighted by Gasteiger charge is -2.49. The minimum atomic E-state index is -0.616. The van der Waals surface area contributed by atoms with E-state index in [1.807, 2.05) is 24.3 Å². The van der Waals surface area contributed by atoms with E-state index >= 15 is 0 Å². The van der Waals surface area contributed by atoms with Gasteiger partial charge in [0.15, 0.2) is 0 Å². The number of anilines is 1. The first-order valence-corrected chi connectivity index (χ1v) is 10.7. The van der Waals surface area contributed by atoms with Crippen LogP contribution in [0.4, 0.5) is 10.1 Å². The highest BCUT2D eigenvalue weighted by Crippen LogP contribution is 2.46. The van der Waals surface area contributed by atoms with Crippen LogP contribution in [0, 0.1) is 5.82 Å². The van der Waals surface area contributed by atoms with Gasteiger partial charge in [-0.1, -0.05) is 30.3 Å². The first-order chi connectivity index (χ1) is 15.0. The molecule has 0 saturated carbocycles. The molecule has 3 heterocycles. The molecule has 3 aliphatic rings. The number of piperidine rings is 1. The number of nitrogens with zero attached hydrogens (tertiary/aromatic N) is 1. The van der Waals surface area contributed by atoms with Crippen LogP contribution in [0.25, 0.3) is 0 Å². The average molecular weight is 421 g/mol. The standard InChI is InChI=1S/C24H24FN3O3/c25-16-6-3-5-15(13-16)22-24(11-9-20(29)27-24)10-4-12-28(22)23(31)18-14-21(30)26-19-8-2-1-7-17(18)19/h1-3,5-8,13,18,22H,4,9-12,14H2,(H,26,30)(H,27,29)/t18-,22-,24+/m1/s1. The summed E-state index contributed by atoms with van der Waals surface area (Å²) in [4.78, 5) is 40.2. The van der Waals surface area contributed by atoms with Crippen LogP contribution in [0.3, 0.4) is 0 Å². The molecule has 5 rings (SSSR count). The van der Waals surface area contributed by atoms with E-state index < -0.39 is 17.5 Å². The molecule has 3 atom stereocenters. The molecule has 7 heteroatoms. The van der Waals surface area contributed by atoms with Crippen LogP contribution < -0.4 is 10.6 Å². The molecule has 2 fully saturated rings. The molecule has 0 unspecified atom stereocenters. The molecule has 160 valence electrons. The number of halogens is 1. The van der Waals surface area contributed by atoms with Crippen molar-refractivity contribution in [3.63, 3.8) is 0 Å². The van der Waals surface area contributed by atoms with E-state index in [1.165, 1.54) is 12.1 Å². The largest absolute Gasteiger partial charge is 0.348 e. The number of carbonyl (C=O) groups is 3. The Labute approximate surface area is 179 Å². The normalized spacial score (nSPS) is 27.6. The number of hydrogen-bond donors (Lipinski definition) is 2. The molecule has 2 aromatic rings. The predicted molar refractivity (Wildman–Crippen MR) is 113 cm³/mol. The maximum Gasteiger partial charge on any atom is 0.231 e. The van der Waals surface area contributed by atoms with Crippen molar-refractivity contribution in [3.8, 4) is 0 Å². The van der Waals surface area contributed by atoms with E-state index in [0.717, 1.165) is 18.4 Å². The molecule has 31 heavy (non-hydrogen) atoms. The summed E-state index contributed by atoms with van der Waals surface area (Å²) in [5.74, 6) is -1.37. The minimum Gasteiger partial charge on any atom is -0.348 e. The van der Waals surface area contributed by atoms with Crippen molar-refractivity contribution in [2.45, 2.75) is 49.6 Å². The number of carbonyl (C=O) groups excluding carboxylic acids is 3. The highest BCUT2D eigenvalue weighted by Gasteiger charge is 2.52. The zero-order valence-electron chi connectivity index (χ0n) is 17.1. The monoisotopic (exact) mass is 421 g/mol. The van der Waals surface area contributed by atoms with Gasteiger partial charge in [0, 0.05) is 25.1 Å². The van der Waals surface area contributed by atoms with Crippen molar-refractivity contribution in [2.75, 3.05) is 11.9 Å². The van der Waals surface area contributed by atoms with Crippen LogP contribution in [-0.2, 0) is 14.4 Å². The number of likely N-dealkylation sites (tertiary alicyclic amines) is 1. The van der Waals surface area contributed by atoms with Gasteiger partial charge in [-0.15, -0.1) is 0 Å². The Kier molecular flexibility index (Phi) is 4.76. The summed E-state index contributed by atoms with van der Waals surface area (Å²) in [6, 6.07) is 13.1. The number of fused-ring (bicyclic) bond motifs is 1. The Balaban J connectivity index is 1.57. The smallest absolute Gasteiger partial charge is 0.231 e. The quantitative estimate of drug-likeness (QED) is 0.781. The van der Waals surface area contributed by atoms with Crippen molar-refractivity contribution >= 4 is 23.4 Å². The van der Waals surface area contributed by atoms with Crippen LogP contribution in [0.15, 0.2) is 48.5 Å². The van der Waals surface area contributed by atoms with Crippen LogP contribution in [0.5, 0.6) is 0 Å². The number of nitrogens with one attached hydrogen (secondary N) is 2. The van der Waals surface area contributed by atoms with Gasteiger partial charge >= 0.3 is 0 Å². The fraction of sp³-hybridized carbons (Fsp3) is 0.375. The second kappa shape index (κ2) is 7.48. The highest BCUT2D eigenvalue weighted by molar-refractivity contribution is 6.01. The van der Waals surface area contributed by atoms with Crippen molar-refractivity contribution in [1.29, 1.82) is 0 Å². The summed E-state index contributed by atoms with van der Waals surface area (Å²) in [5, 5.41) is 5.95. The van der Waals surface area contributed by atoms with Gasteiger partial charge in [-0.05, 0) is 48.6 Å². The Morgan fingerprint density at radius 1 is 1.06 bits per heavy atom. The van der Waals surface area contributed by atoms with Gasteiger partial charge < -0.3 is 15.5 Å². The fourth-order valence-corrected chi connectivity index (χ4v) is 5.51. The zero-order chi connectivity index (χ0) is 21.6. The van der Waals surface area contributed by atoms with Crippen LogP contribution in [-0.4, -0.2) is 34.7 Å². The minimum absolute atomic E-state index is 0.0434. The van der Waals surface area contributed by atoms with E-state index in [2.05, 4.69) is 10.6 Å². The average Bonchev–Trinajstić information content (AvgIpc) is 3.12. The molecule has 1 spiro atoms. The van der Waals surface area contributed by atoms with E-state index in [9.17, 15) is 18.8 Å². The Morgan fingerprint density at radius 3 is 2.68 bits per heavy atom. The summed E-state index contributed by atoms with van der Waals surface area (Å²) >= 11 is 0. The third kappa shape index (κ3) is 3.38. The number of hydrogen-bond acceptors (Lipinski definition) is 3. The summed E-state index contributed by atoms with van der Waals surface area (Å²) < 4.78 is 14.2. The Morgan fingerprint density at radius 2 is 1.90 bits per heavy atom. The Hall–Kier alpha value is -3.22. The highest BCUT2D eigenvalue weighted by atomic mass is 19.1. The molecule has 0 aliphatic carbocycles. The second-order valence-corrected chi connectivity index (χ2v) is 8.69. The summed E-state index contributed by atoms with van der Waals surface area (Å²) in [5.41, 5.74) is 1.50. The molecule has 0 bridgehead atoms. The van der Waals surface area contributed by atoms with E-state index in [4.69, 9.17) is 0 Å². The van der Waals surface area contributed by atoms with Gasteiger partial charge in [-0.3, -0.25) is 14.4 Å². The molecular weight excluding hydrogens is 397 g/mol.